The Hall–Kier alpha value is -1.85. The zero-order chi connectivity index (χ0) is 12.4. The summed E-state index contributed by atoms with van der Waals surface area (Å²) in [6.07, 6.45) is 0.326. The quantitative estimate of drug-likeness (QED) is 0.798. The molecule has 1 aliphatic rings. The molecule has 0 bridgehead atoms. The summed E-state index contributed by atoms with van der Waals surface area (Å²) < 4.78 is 4.95. The Kier molecular flexibility index (Phi) is 3.12. The average molecular weight is 237 g/mol. The highest BCUT2D eigenvalue weighted by Crippen LogP contribution is 2.10. The van der Waals surface area contributed by atoms with Gasteiger partial charge in [0.05, 0.1) is 6.54 Å². The number of aryl methyl sites for hydroxylation is 1. The van der Waals surface area contributed by atoms with Gasteiger partial charge in [-0.25, -0.2) is 0 Å². The molecular weight excluding hydrogens is 222 g/mol. The number of nitrogens with one attached hydrogen (secondary N) is 1. The van der Waals surface area contributed by atoms with Crippen molar-refractivity contribution in [3.8, 4) is 0 Å². The summed E-state index contributed by atoms with van der Waals surface area (Å²) in [6, 6.07) is 1.32. The van der Waals surface area contributed by atoms with Gasteiger partial charge in [0.2, 0.25) is 11.8 Å². The first-order valence-electron chi connectivity index (χ1n) is 5.56. The van der Waals surface area contributed by atoms with Gasteiger partial charge in [0.15, 0.2) is 0 Å². The predicted octanol–water partition coefficient (Wildman–Crippen LogP) is 0.220. The van der Waals surface area contributed by atoms with Crippen LogP contribution in [0.15, 0.2) is 10.6 Å². The fourth-order valence-electron chi connectivity index (χ4n) is 1.84. The van der Waals surface area contributed by atoms with Crippen molar-refractivity contribution in [1.29, 1.82) is 0 Å². The first kappa shape index (κ1) is 11.6. The fraction of sp³-hybridized carbons (Fsp3) is 0.545. The molecule has 6 nitrogen and oxygen atoms in total. The van der Waals surface area contributed by atoms with Gasteiger partial charge in [0.1, 0.15) is 17.5 Å². The van der Waals surface area contributed by atoms with Gasteiger partial charge in [-0.2, -0.15) is 0 Å². The molecule has 1 N–H and O–H groups in total. The van der Waals surface area contributed by atoms with Crippen LogP contribution < -0.4 is 5.32 Å². The number of carbonyl (C=O) groups excluding carboxylic acids is 2. The lowest BCUT2D eigenvalue weighted by Gasteiger charge is -2.20. The molecule has 1 aromatic heterocycles. The first-order chi connectivity index (χ1) is 8.06. The Bertz CT molecular complexity index is 441. The van der Waals surface area contributed by atoms with Crippen LogP contribution in [0.4, 0.5) is 0 Å². The highest BCUT2D eigenvalue weighted by Gasteiger charge is 2.26. The summed E-state index contributed by atoms with van der Waals surface area (Å²) in [6.45, 7) is 4.29. The van der Waals surface area contributed by atoms with E-state index in [-0.39, 0.29) is 11.8 Å². The molecule has 2 heterocycles. The van der Waals surface area contributed by atoms with Crippen LogP contribution in [0, 0.1) is 6.92 Å². The number of aromatic nitrogens is 1. The molecule has 0 saturated carbocycles. The molecule has 2 rings (SSSR count). The maximum absolute atomic E-state index is 12.0. The minimum absolute atomic E-state index is 0.0866. The van der Waals surface area contributed by atoms with E-state index < -0.39 is 6.04 Å². The van der Waals surface area contributed by atoms with Crippen molar-refractivity contribution in [3.05, 3.63) is 17.5 Å². The molecule has 1 aromatic rings. The van der Waals surface area contributed by atoms with Crippen molar-refractivity contribution in [1.82, 2.24) is 15.4 Å². The van der Waals surface area contributed by atoms with Crippen molar-refractivity contribution in [3.63, 3.8) is 0 Å². The Morgan fingerprint density at radius 1 is 1.59 bits per heavy atom. The third-order valence-electron chi connectivity index (χ3n) is 2.70. The van der Waals surface area contributed by atoms with Crippen molar-refractivity contribution in [2.45, 2.75) is 32.9 Å². The smallest absolute Gasteiger partial charge is 0.245 e. The van der Waals surface area contributed by atoms with E-state index in [1.54, 1.807) is 24.8 Å². The van der Waals surface area contributed by atoms with E-state index in [2.05, 4.69) is 10.5 Å². The Morgan fingerprint density at radius 3 is 3.00 bits per heavy atom. The maximum atomic E-state index is 12.0. The topological polar surface area (TPSA) is 75.4 Å². The number of hydrogen-bond donors (Lipinski definition) is 1. The maximum Gasteiger partial charge on any atom is 0.245 e. The molecule has 0 aliphatic carbocycles. The molecule has 1 aliphatic heterocycles. The van der Waals surface area contributed by atoms with Crippen molar-refractivity contribution < 1.29 is 14.1 Å². The highest BCUT2D eigenvalue weighted by atomic mass is 16.5. The van der Waals surface area contributed by atoms with Crippen molar-refractivity contribution >= 4 is 11.8 Å². The normalized spacial score (nSPS) is 21.3. The molecule has 1 atom stereocenters. The van der Waals surface area contributed by atoms with Crippen LogP contribution >= 0.6 is 0 Å². The van der Waals surface area contributed by atoms with E-state index in [9.17, 15) is 9.59 Å². The summed E-state index contributed by atoms with van der Waals surface area (Å²) in [7, 11) is 0. The molecule has 0 aromatic carbocycles. The number of rotatable bonds is 2. The monoisotopic (exact) mass is 237 g/mol. The van der Waals surface area contributed by atoms with Gasteiger partial charge in [-0.05, 0) is 13.8 Å². The molecule has 6 heteroatoms. The summed E-state index contributed by atoms with van der Waals surface area (Å²) in [5.74, 6) is 0.533. The van der Waals surface area contributed by atoms with E-state index >= 15 is 0 Å². The summed E-state index contributed by atoms with van der Waals surface area (Å²) >= 11 is 0. The van der Waals surface area contributed by atoms with Crippen molar-refractivity contribution in [2.75, 3.05) is 6.54 Å². The molecule has 1 saturated heterocycles. The summed E-state index contributed by atoms with van der Waals surface area (Å²) in [4.78, 5) is 24.9. The van der Waals surface area contributed by atoms with E-state index in [1.165, 1.54) is 0 Å². The Morgan fingerprint density at radius 2 is 2.35 bits per heavy atom. The van der Waals surface area contributed by atoms with E-state index in [0.29, 0.717) is 31.0 Å². The van der Waals surface area contributed by atoms with Crippen LogP contribution in [0.5, 0.6) is 0 Å². The van der Waals surface area contributed by atoms with Gasteiger partial charge in [0, 0.05) is 19.0 Å². The number of carbonyl (C=O) groups is 2. The Labute approximate surface area is 98.9 Å². The zero-order valence-corrected chi connectivity index (χ0v) is 9.90. The zero-order valence-electron chi connectivity index (χ0n) is 9.90. The summed E-state index contributed by atoms with van der Waals surface area (Å²) in [5.41, 5.74) is 0.706. The molecule has 17 heavy (non-hydrogen) atoms. The van der Waals surface area contributed by atoms with Gasteiger partial charge in [-0.15, -0.1) is 0 Å². The number of hydrogen-bond acceptors (Lipinski definition) is 4. The van der Waals surface area contributed by atoms with E-state index in [0.717, 1.165) is 0 Å². The molecule has 0 radical (unpaired) electrons. The lowest BCUT2D eigenvalue weighted by Crippen LogP contribution is -2.42. The number of amides is 2. The standard InChI is InChI=1S/C11H15N3O3/c1-7-5-9(13-17-7)6-14-4-3-10(15)12-8(2)11(14)16/h5,8H,3-4,6H2,1-2H3,(H,12,15). The fourth-order valence-corrected chi connectivity index (χ4v) is 1.84. The molecule has 1 fully saturated rings. The van der Waals surface area contributed by atoms with Gasteiger partial charge >= 0.3 is 0 Å². The van der Waals surface area contributed by atoms with E-state index in [4.69, 9.17) is 4.52 Å². The third kappa shape index (κ3) is 2.64. The van der Waals surface area contributed by atoms with Crippen LogP contribution in [0.2, 0.25) is 0 Å². The SMILES string of the molecule is Cc1cc(CN2CCC(=O)NC(C)C2=O)no1. The van der Waals surface area contributed by atoms with E-state index in [1.807, 2.05) is 0 Å². The summed E-state index contributed by atoms with van der Waals surface area (Å²) in [5, 5.41) is 6.48. The van der Waals surface area contributed by atoms with Crippen LogP contribution in [-0.2, 0) is 16.1 Å². The lowest BCUT2D eigenvalue weighted by atomic mass is 10.2. The second kappa shape index (κ2) is 4.57. The molecule has 2 amide bonds. The largest absolute Gasteiger partial charge is 0.361 e. The second-order valence-electron chi connectivity index (χ2n) is 4.23. The highest BCUT2D eigenvalue weighted by molar-refractivity contribution is 5.89. The average Bonchev–Trinajstić information content (AvgIpc) is 2.64. The lowest BCUT2D eigenvalue weighted by molar-refractivity contribution is -0.133. The van der Waals surface area contributed by atoms with Gasteiger partial charge in [-0.3, -0.25) is 9.59 Å². The van der Waals surface area contributed by atoms with Crippen molar-refractivity contribution in [2.24, 2.45) is 0 Å². The third-order valence-corrected chi connectivity index (χ3v) is 2.70. The second-order valence-corrected chi connectivity index (χ2v) is 4.23. The first-order valence-corrected chi connectivity index (χ1v) is 5.56. The van der Waals surface area contributed by atoms with Gasteiger partial charge in [-0.1, -0.05) is 5.16 Å². The van der Waals surface area contributed by atoms with Crippen LogP contribution in [0.3, 0.4) is 0 Å². The minimum Gasteiger partial charge on any atom is -0.361 e. The van der Waals surface area contributed by atoms with Crippen LogP contribution in [-0.4, -0.2) is 34.5 Å². The molecule has 1 unspecified atom stereocenters. The Balaban J connectivity index is 2.08. The van der Waals surface area contributed by atoms with Crippen LogP contribution in [0.25, 0.3) is 0 Å². The molecule has 0 spiro atoms. The minimum atomic E-state index is -0.474. The van der Waals surface area contributed by atoms with Crippen LogP contribution in [0.1, 0.15) is 24.8 Å². The molecular formula is C11H15N3O3. The number of nitrogens with zero attached hydrogens (tertiary/aromatic N) is 2. The predicted molar refractivity (Wildman–Crippen MR) is 58.9 cm³/mol. The van der Waals surface area contributed by atoms with Gasteiger partial charge in [0.25, 0.3) is 0 Å². The van der Waals surface area contributed by atoms with Gasteiger partial charge < -0.3 is 14.7 Å². The molecule has 92 valence electrons.